The third-order valence-electron chi connectivity index (χ3n) is 5.58. The van der Waals surface area contributed by atoms with Gasteiger partial charge in [-0.2, -0.15) is 0 Å². The number of para-hydroxylation sites is 1. The molecule has 0 radical (unpaired) electrons. The second-order valence-corrected chi connectivity index (χ2v) is 9.78. The Morgan fingerprint density at radius 2 is 1.66 bits per heavy atom. The average Bonchev–Trinajstić information content (AvgIpc) is 3.46. The molecule has 1 aromatic heterocycles. The quantitative estimate of drug-likeness (QED) is 0.248. The Hall–Kier alpha value is -3.25. The van der Waals surface area contributed by atoms with Gasteiger partial charge in [-0.15, -0.1) is 0 Å². The minimum atomic E-state index is -0.193. The summed E-state index contributed by atoms with van der Waals surface area (Å²) in [6, 6.07) is 28.2. The van der Waals surface area contributed by atoms with E-state index >= 15 is 0 Å². The van der Waals surface area contributed by atoms with Crippen LogP contribution in [-0.2, 0) is 4.79 Å². The van der Waals surface area contributed by atoms with Crippen molar-refractivity contribution in [2.75, 3.05) is 0 Å². The first-order chi connectivity index (χ1) is 17.0. The molecule has 0 N–H and O–H groups in total. The highest BCUT2D eigenvalue weighted by Gasteiger charge is 2.37. The topological polar surface area (TPSA) is 45.8 Å². The lowest BCUT2D eigenvalue weighted by Crippen LogP contribution is -2.32. The standard InChI is InChI=1S/C28H20Cl2N2O2S/c1-18(19-8-4-2-5-9-19)32-27(33)26(35-28(32)31-21-10-6-3-7-11-21)17-22-13-15-25(34-22)23-16-20(29)12-14-24(23)30/h2-18H,1H3/b26-17+,31-28?/t18-/m1/s1. The smallest absolute Gasteiger partial charge is 0.267 e. The van der Waals surface area contributed by atoms with Gasteiger partial charge in [0.05, 0.1) is 21.7 Å². The molecule has 1 fully saturated rings. The molecular weight excluding hydrogens is 499 g/mol. The van der Waals surface area contributed by atoms with Gasteiger partial charge in [-0.3, -0.25) is 9.69 Å². The first-order valence-corrected chi connectivity index (χ1v) is 12.5. The van der Waals surface area contributed by atoms with Gasteiger partial charge in [0.15, 0.2) is 5.17 Å². The number of benzene rings is 3. The van der Waals surface area contributed by atoms with E-state index in [0.29, 0.717) is 37.2 Å². The molecule has 0 saturated carbocycles. The van der Waals surface area contributed by atoms with Crippen LogP contribution >= 0.6 is 35.0 Å². The summed E-state index contributed by atoms with van der Waals surface area (Å²) in [5.74, 6) is 0.993. The Morgan fingerprint density at radius 1 is 0.943 bits per heavy atom. The number of aliphatic imine (C=N–C) groups is 1. The minimum Gasteiger partial charge on any atom is -0.457 e. The second kappa shape index (κ2) is 10.2. The third kappa shape index (κ3) is 5.08. The number of carbonyl (C=O) groups is 1. The van der Waals surface area contributed by atoms with Gasteiger partial charge < -0.3 is 4.42 Å². The first-order valence-electron chi connectivity index (χ1n) is 11.0. The zero-order valence-corrected chi connectivity index (χ0v) is 21.0. The van der Waals surface area contributed by atoms with E-state index in [1.54, 1.807) is 29.2 Å². The van der Waals surface area contributed by atoms with Crippen LogP contribution in [0.25, 0.3) is 17.4 Å². The number of hydrogen-bond donors (Lipinski definition) is 0. The van der Waals surface area contributed by atoms with Gasteiger partial charge in [-0.1, -0.05) is 71.7 Å². The molecule has 3 aromatic carbocycles. The van der Waals surface area contributed by atoms with E-state index < -0.39 is 0 Å². The molecule has 4 aromatic rings. The molecule has 2 heterocycles. The second-order valence-electron chi connectivity index (χ2n) is 7.93. The maximum absolute atomic E-state index is 13.6. The first kappa shape index (κ1) is 23.5. The minimum absolute atomic E-state index is 0.125. The van der Waals surface area contributed by atoms with E-state index in [-0.39, 0.29) is 11.9 Å². The third-order valence-corrected chi connectivity index (χ3v) is 7.13. The molecular formula is C28H20Cl2N2O2S. The van der Waals surface area contributed by atoms with Crippen LogP contribution in [0.4, 0.5) is 5.69 Å². The number of amidine groups is 1. The highest BCUT2D eigenvalue weighted by atomic mass is 35.5. The summed E-state index contributed by atoms with van der Waals surface area (Å²) in [7, 11) is 0. The molecule has 1 atom stereocenters. The molecule has 1 amide bonds. The van der Waals surface area contributed by atoms with Crippen molar-refractivity contribution < 1.29 is 9.21 Å². The molecule has 5 rings (SSSR count). The van der Waals surface area contributed by atoms with E-state index in [2.05, 4.69) is 0 Å². The van der Waals surface area contributed by atoms with Crippen molar-refractivity contribution in [2.24, 2.45) is 4.99 Å². The summed E-state index contributed by atoms with van der Waals surface area (Å²) < 4.78 is 6.01. The summed E-state index contributed by atoms with van der Waals surface area (Å²) in [6.07, 6.45) is 1.74. The number of halogens is 2. The molecule has 4 nitrogen and oxygen atoms in total. The molecule has 35 heavy (non-hydrogen) atoms. The van der Waals surface area contributed by atoms with Gasteiger partial charge in [0.25, 0.3) is 5.91 Å². The fraction of sp³-hybridized carbons (Fsp3) is 0.0714. The van der Waals surface area contributed by atoms with Crippen molar-refractivity contribution in [2.45, 2.75) is 13.0 Å². The van der Waals surface area contributed by atoms with Gasteiger partial charge in [-0.05, 0) is 66.7 Å². The lowest BCUT2D eigenvalue weighted by molar-refractivity contribution is -0.123. The lowest BCUT2D eigenvalue weighted by atomic mass is 10.1. The molecule has 7 heteroatoms. The fourth-order valence-electron chi connectivity index (χ4n) is 3.79. The summed E-state index contributed by atoms with van der Waals surface area (Å²) in [4.78, 5) is 20.6. The lowest BCUT2D eigenvalue weighted by Gasteiger charge is -2.24. The van der Waals surface area contributed by atoms with E-state index in [0.717, 1.165) is 11.3 Å². The summed E-state index contributed by atoms with van der Waals surface area (Å²) in [5, 5.41) is 1.72. The Morgan fingerprint density at radius 3 is 2.40 bits per heavy atom. The number of amides is 1. The van der Waals surface area contributed by atoms with Gasteiger partial charge >= 0.3 is 0 Å². The van der Waals surface area contributed by atoms with E-state index in [9.17, 15) is 4.79 Å². The number of thioether (sulfide) groups is 1. The van der Waals surface area contributed by atoms with Gasteiger partial charge in [-0.25, -0.2) is 4.99 Å². The van der Waals surface area contributed by atoms with Gasteiger partial charge in [0.1, 0.15) is 11.5 Å². The highest BCUT2D eigenvalue weighted by Crippen LogP contribution is 2.40. The maximum atomic E-state index is 13.6. The van der Waals surface area contributed by atoms with Crippen LogP contribution in [0.2, 0.25) is 10.0 Å². The molecule has 1 aliphatic heterocycles. The number of hydrogen-bond acceptors (Lipinski definition) is 4. The number of furan rings is 1. The predicted molar refractivity (Wildman–Crippen MR) is 145 cm³/mol. The highest BCUT2D eigenvalue weighted by molar-refractivity contribution is 8.18. The summed E-state index contributed by atoms with van der Waals surface area (Å²) in [6.45, 7) is 2.00. The van der Waals surface area contributed by atoms with Crippen LogP contribution in [-0.4, -0.2) is 16.0 Å². The van der Waals surface area contributed by atoms with Crippen LogP contribution in [0.3, 0.4) is 0 Å². The van der Waals surface area contributed by atoms with Crippen molar-refractivity contribution in [3.63, 3.8) is 0 Å². The van der Waals surface area contributed by atoms with E-state index in [1.807, 2.05) is 79.7 Å². The number of nitrogens with zero attached hydrogens (tertiary/aromatic N) is 2. The Kier molecular flexibility index (Phi) is 6.82. The molecule has 0 bridgehead atoms. The maximum Gasteiger partial charge on any atom is 0.267 e. The van der Waals surface area contributed by atoms with E-state index in [1.165, 1.54) is 11.8 Å². The van der Waals surface area contributed by atoms with E-state index in [4.69, 9.17) is 32.6 Å². The van der Waals surface area contributed by atoms with Crippen molar-refractivity contribution in [1.82, 2.24) is 4.90 Å². The van der Waals surface area contributed by atoms with Gasteiger partial charge in [0, 0.05) is 16.7 Å². The molecule has 1 saturated heterocycles. The Balaban J connectivity index is 1.50. The fourth-order valence-corrected chi connectivity index (χ4v) is 5.22. The van der Waals surface area contributed by atoms with Crippen molar-refractivity contribution >= 4 is 57.8 Å². The monoisotopic (exact) mass is 518 g/mol. The van der Waals surface area contributed by atoms with Crippen LogP contribution in [0.1, 0.15) is 24.3 Å². The molecule has 0 aliphatic carbocycles. The SMILES string of the molecule is C[C@H](c1ccccc1)N1C(=O)/C(=C\c2ccc(-c3cc(Cl)ccc3Cl)o2)SC1=Nc1ccccc1. The van der Waals surface area contributed by atoms with Crippen molar-refractivity contribution in [3.05, 3.63) is 117 Å². The normalized spacial score (nSPS) is 16.9. The van der Waals surface area contributed by atoms with Crippen LogP contribution in [0.15, 0.2) is 105 Å². The largest absolute Gasteiger partial charge is 0.457 e. The van der Waals surface area contributed by atoms with Gasteiger partial charge in [0.2, 0.25) is 0 Å². The zero-order chi connectivity index (χ0) is 24.4. The molecule has 0 spiro atoms. The van der Waals surface area contributed by atoms with Crippen molar-refractivity contribution in [1.29, 1.82) is 0 Å². The molecule has 174 valence electrons. The number of rotatable bonds is 5. The Labute approximate surface area is 217 Å². The van der Waals surface area contributed by atoms with Crippen molar-refractivity contribution in [3.8, 4) is 11.3 Å². The predicted octanol–water partition coefficient (Wildman–Crippen LogP) is 8.62. The molecule has 0 unspecified atom stereocenters. The Bertz CT molecular complexity index is 1430. The average molecular weight is 519 g/mol. The zero-order valence-electron chi connectivity index (χ0n) is 18.7. The van der Waals surface area contributed by atoms with Crippen LogP contribution < -0.4 is 0 Å². The van der Waals surface area contributed by atoms with Crippen LogP contribution in [0, 0.1) is 0 Å². The van der Waals surface area contributed by atoms with Crippen LogP contribution in [0.5, 0.6) is 0 Å². The summed E-state index contributed by atoms with van der Waals surface area (Å²) >= 11 is 13.8. The molecule has 1 aliphatic rings. The number of carbonyl (C=O) groups excluding carboxylic acids is 1. The summed E-state index contributed by atoms with van der Waals surface area (Å²) in [5.41, 5.74) is 2.50.